The minimum atomic E-state index is -0.0480. The summed E-state index contributed by atoms with van der Waals surface area (Å²) in [4.78, 5) is 20.4. The summed E-state index contributed by atoms with van der Waals surface area (Å²) in [6, 6.07) is 11.7. The first-order valence-electron chi connectivity index (χ1n) is 7.97. The number of hydrogen-bond acceptors (Lipinski definition) is 5. The van der Waals surface area contributed by atoms with Crippen LogP contribution in [0, 0.1) is 6.92 Å². The summed E-state index contributed by atoms with van der Waals surface area (Å²) >= 11 is 1.50. The summed E-state index contributed by atoms with van der Waals surface area (Å²) in [6.45, 7) is 2.94. The summed E-state index contributed by atoms with van der Waals surface area (Å²) in [5.41, 5.74) is 2.98. The largest absolute Gasteiger partial charge is 0.486 e. The van der Waals surface area contributed by atoms with Gasteiger partial charge < -0.3 is 10.1 Å². The van der Waals surface area contributed by atoms with Gasteiger partial charge in [-0.1, -0.05) is 17.7 Å². The monoisotopic (exact) mass is 353 g/mol. The van der Waals surface area contributed by atoms with Crippen molar-refractivity contribution in [3.05, 3.63) is 76.0 Å². The van der Waals surface area contributed by atoms with Crippen molar-refractivity contribution in [2.24, 2.45) is 0 Å². The van der Waals surface area contributed by atoms with Gasteiger partial charge in [-0.2, -0.15) is 0 Å². The number of thiazole rings is 1. The number of ether oxygens (including phenoxy) is 1. The summed E-state index contributed by atoms with van der Waals surface area (Å²) < 4.78 is 5.71. The van der Waals surface area contributed by atoms with Crippen LogP contribution in [0.25, 0.3) is 0 Å². The zero-order chi connectivity index (χ0) is 17.5. The zero-order valence-corrected chi connectivity index (χ0v) is 14.8. The van der Waals surface area contributed by atoms with Gasteiger partial charge in [0.05, 0.1) is 12.1 Å². The van der Waals surface area contributed by atoms with Crippen LogP contribution in [-0.4, -0.2) is 15.9 Å². The van der Waals surface area contributed by atoms with Crippen LogP contribution in [0.3, 0.4) is 0 Å². The standard InChI is InChI=1S/C19H19N3O2S/c1-14-2-4-17(5-3-14)24-12-19-22-16(13-25-19)10-18(23)21-11-15-6-8-20-9-7-15/h2-9,13H,10-12H2,1H3,(H,21,23). The van der Waals surface area contributed by atoms with Crippen LogP contribution in [0.4, 0.5) is 0 Å². The predicted molar refractivity (Wildman–Crippen MR) is 97.4 cm³/mol. The lowest BCUT2D eigenvalue weighted by molar-refractivity contribution is -0.120. The molecule has 0 saturated heterocycles. The maximum Gasteiger partial charge on any atom is 0.226 e. The highest BCUT2D eigenvalue weighted by molar-refractivity contribution is 7.09. The van der Waals surface area contributed by atoms with Crippen molar-refractivity contribution >= 4 is 17.2 Å². The van der Waals surface area contributed by atoms with Gasteiger partial charge in [0.1, 0.15) is 17.4 Å². The predicted octanol–water partition coefficient (Wildman–Crippen LogP) is 3.28. The normalized spacial score (nSPS) is 10.4. The Morgan fingerprint density at radius 1 is 1.16 bits per heavy atom. The Labute approximate surface area is 150 Å². The molecule has 1 aromatic carbocycles. The van der Waals surface area contributed by atoms with Crippen LogP contribution in [0.15, 0.2) is 54.2 Å². The van der Waals surface area contributed by atoms with Gasteiger partial charge in [0.15, 0.2) is 0 Å². The maximum absolute atomic E-state index is 12.0. The first kappa shape index (κ1) is 17.1. The van der Waals surface area contributed by atoms with E-state index >= 15 is 0 Å². The number of benzene rings is 1. The molecule has 0 atom stereocenters. The highest BCUT2D eigenvalue weighted by atomic mass is 32.1. The maximum atomic E-state index is 12.0. The molecular weight excluding hydrogens is 334 g/mol. The fourth-order valence-electron chi connectivity index (χ4n) is 2.20. The number of pyridine rings is 1. The molecule has 1 N–H and O–H groups in total. The highest BCUT2D eigenvalue weighted by Crippen LogP contribution is 2.16. The summed E-state index contributed by atoms with van der Waals surface area (Å²) in [6.07, 6.45) is 3.69. The molecule has 0 spiro atoms. The van der Waals surface area contributed by atoms with E-state index in [2.05, 4.69) is 15.3 Å². The molecule has 0 bridgehead atoms. The van der Waals surface area contributed by atoms with E-state index in [1.54, 1.807) is 12.4 Å². The lowest BCUT2D eigenvalue weighted by atomic mass is 10.2. The van der Waals surface area contributed by atoms with E-state index in [0.29, 0.717) is 13.2 Å². The molecule has 128 valence electrons. The summed E-state index contributed by atoms with van der Waals surface area (Å²) in [5, 5.41) is 5.65. The molecule has 2 heterocycles. The Morgan fingerprint density at radius 2 is 1.92 bits per heavy atom. The van der Waals surface area contributed by atoms with Crippen LogP contribution in [-0.2, 0) is 24.4 Å². The van der Waals surface area contributed by atoms with Crippen LogP contribution >= 0.6 is 11.3 Å². The topological polar surface area (TPSA) is 64.1 Å². The molecule has 3 rings (SSSR count). The van der Waals surface area contributed by atoms with Gasteiger partial charge in [-0.3, -0.25) is 9.78 Å². The molecule has 0 aliphatic rings. The van der Waals surface area contributed by atoms with Gasteiger partial charge in [-0.15, -0.1) is 11.3 Å². The Hall–Kier alpha value is -2.73. The van der Waals surface area contributed by atoms with Crippen molar-refractivity contribution in [3.8, 4) is 5.75 Å². The van der Waals surface area contributed by atoms with E-state index in [1.165, 1.54) is 16.9 Å². The number of aromatic nitrogens is 2. The molecule has 0 aliphatic heterocycles. The zero-order valence-electron chi connectivity index (χ0n) is 13.9. The number of amides is 1. The fourth-order valence-corrected chi connectivity index (χ4v) is 2.91. The van der Waals surface area contributed by atoms with E-state index in [-0.39, 0.29) is 12.3 Å². The quantitative estimate of drug-likeness (QED) is 0.708. The smallest absolute Gasteiger partial charge is 0.226 e. The number of nitrogens with zero attached hydrogens (tertiary/aromatic N) is 2. The third-order valence-corrected chi connectivity index (χ3v) is 4.43. The number of hydrogen-bond donors (Lipinski definition) is 1. The second kappa shape index (κ2) is 8.39. The molecule has 2 aromatic heterocycles. The van der Waals surface area contributed by atoms with Crippen molar-refractivity contribution in [1.29, 1.82) is 0 Å². The average Bonchev–Trinajstić information content (AvgIpc) is 3.08. The number of aryl methyl sites for hydroxylation is 1. The first-order valence-corrected chi connectivity index (χ1v) is 8.85. The number of nitrogens with one attached hydrogen (secondary N) is 1. The summed E-state index contributed by atoms with van der Waals surface area (Å²) in [7, 11) is 0. The van der Waals surface area contributed by atoms with Crippen molar-refractivity contribution in [3.63, 3.8) is 0 Å². The molecule has 0 radical (unpaired) electrons. The van der Waals surface area contributed by atoms with Gasteiger partial charge in [-0.25, -0.2) is 4.98 Å². The van der Waals surface area contributed by atoms with Gasteiger partial charge in [-0.05, 0) is 36.8 Å². The Kier molecular flexibility index (Phi) is 5.74. The average molecular weight is 353 g/mol. The van der Waals surface area contributed by atoms with E-state index in [0.717, 1.165) is 22.0 Å². The molecule has 0 aliphatic carbocycles. The minimum Gasteiger partial charge on any atom is -0.486 e. The second-order valence-corrected chi connectivity index (χ2v) is 6.59. The number of carbonyl (C=O) groups excluding carboxylic acids is 1. The number of carbonyl (C=O) groups is 1. The third kappa shape index (κ3) is 5.39. The molecule has 25 heavy (non-hydrogen) atoms. The molecule has 0 fully saturated rings. The number of rotatable bonds is 7. The molecule has 3 aromatic rings. The first-order chi connectivity index (χ1) is 12.2. The van der Waals surface area contributed by atoms with E-state index < -0.39 is 0 Å². The Balaban J connectivity index is 1.46. The van der Waals surface area contributed by atoms with Gasteiger partial charge >= 0.3 is 0 Å². The van der Waals surface area contributed by atoms with E-state index in [4.69, 9.17) is 4.74 Å². The van der Waals surface area contributed by atoms with E-state index in [1.807, 2.05) is 48.7 Å². The molecule has 6 heteroatoms. The van der Waals surface area contributed by atoms with Crippen molar-refractivity contribution < 1.29 is 9.53 Å². The lowest BCUT2D eigenvalue weighted by Crippen LogP contribution is -2.24. The Bertz CT molecular complexity index is 816. The third-order valence-electron chi connectivity index (χ3n) is 3.56. The van der Waals surface area contributed by atoms with Crippen LogP contribution in [0.2, 0.25) is 0 Å². The molecular formula is C19H19N3O2S. The van der Waals surface area contributed by atoms with Crippen LogP contribution in [0.1, 0.15) is 21.8 Å². The molecule has 1 amide bonds. The Morgan fingerprint density at radius 3 is 2.68 bits per heavy atom. The molecule has 0 saturated carbocycles. The highest BCUT2D eigenvalue weighted by Gasteiger charge is 2.08. The van der Waals surface area contributed by atoms with Crippen molar-refractivity contribution in [2.45, 2.75) is 26.5 Å². The lowest BCUT2D eigenvalue weighted by Gasteiger charge is -2.04. The van der Waals surface area contributed by atoms with Crippen molar-refractivity contribution in [1.82, 2.24) is 15.3 Å². The van der Waals surface area contributed by atoms with Crippen LogP contribution in [0.5, 0.6) is 5.75 Å². The van der Waals surface area contributed by atoms with Gasteiger partial charge in [0.2, 0.25) is 5.91 Å². The SMILES string of the molecule is Cc1ccc(OCc2nc(CC(=O)NCc3ccncc3)cs2)cc1. The second-order valence-electron chi connectivity index (χ2n) is 5.64. The minimum absolute atomic E-state index is 0.0480. The molecule has 0 unspecified atom stereocenters. The fraction of sp³-hybridized carbons (Fsp3) is 0.211. The van der Waals surface area contributed by atoms with Gasteiger partial charge in [0.25, 0.3) is 0 Å². The van der Waals surface area contributed by atoms with Crippen molar-refractivity contribution in [2.75, 3.05) is 0 Å². The summed E-state index contributed by atoms with van der Waals surface area (Å²) in [5.74, 6) is 0.769. The van der Waals surface area contributed by atoms with Crippen LogP contribution < -0.4 is 10.1 Å². The van der Waals surface area contributed by atoms with E-state index in [9.17, 15) is 4.79 Å². The molecule has 5 nitrogen and oxygen atoms in total. The van der Waals surface area contributed by atoms with Gasteiger partial charge in [0, 0.05) is 24.3 Å².